The molecule has 1 fully saturated rings. The molecule has 0 aliphatic carbocycles. The molecule has 0 N–H and O–H groups in total. The molecule has 32 heavy (non-hydrogen) atoms. The minimum absolute atomic E-state index is 0.0650. The highest BCUT2D eigenvalue weighted by molar-refractivity contribution is 5.97. The molecule has 0 aromatic heterocycles. The number of piperazine rings is 1. The average Bonchev–Trinajstić information content (AvgIpc) is 2.85. The van der Waals surface area contributed by atoms with Crippen LogP contribution in [0.5, 0.6) is 17.2 Å². The van der Waals surface area contributed by atoms with Gasteiger partial charge in [0.05, 0.1) is 27.4 Å². The first-order valence-corrected chi connectivity index (χ1v) is 10.9. The number of hydrogen-bond donors (Lipinski definition) is 0. The first kappa shape index (κ1) is 24.0. The Labute approximate surface area is 190 Å². The highest BCUT2D eigenvalue weighted by Gasteiger charge is 2.22. The van der Waals surface area contributed by atoms with E-state index in [2.05, 4.69) is 21.9 Å². The van der Waals surface area contributed by atoms with Crippen molar-refractivity contribution in [2.24, 2.45) is 0 Å². The van der Waals surface area contributed by atoms with E-state index >= 15 is 0 Å². The zero-order chi connectivity index (χ0) is 22.9. The Bertz CT molecular complexity index is 841. The summed E-state index contributed by atoms with van der Waals surface area (Å²) in [4.78, 5) is 17.6. The Morgan fingerprint density at radius 2 is 1.47 bits per heavy atom. The monoisotopic (exact) mass is 442 g/mol. The molecule has 0 radical (unpaired) electrons. The highest BCUT2D eigenvalue weighted by atomic mass is 16.5. The molecular weight excluding hydrogens is 408 g/mol. The van der Waals surface area contributed by atoms with Crippen molar-refractivity contribution >= 4 is 5.78 Å². The van der Waals surface area contributed by atoms with E-state index in [1.54, 1.807) is 40.6 Å². The Kier molecular flexibility index (Phi) is 8.90. The number of methoxy groups -OCH3 is 4. The molecule has 1 saturated heterocycles. The molecule has 2 aromatic rings. The number of carbonyl (C=O) groups is 1. The van der Waals surface area contributed by atoms with Gasteiger partial charge in [-0.15, -0.1) is 0 Å². The zero-order valence-electron chi connectivity index (χ0n) is 19.5. The highest BCUT2D eigenvalue weighted by Crippen LogP contribution is 2.38. The summed E-state index contributed by atoms with van der Waals surface area (Å²) in [5, 5.41) is 0. The maximum Gasteiger partial charge on any atom is 0.203 e. The quantitative estimate of drug-likeness (QED) is 0.495. The standard InChI is InChI=1S/C25H34N2O5/c1-29-22-16-20(17-23(30-2)25(22)32-4)21(28)10-11-26-12-14-27(15-13-26)18-24(31-3)19-8-6-5-7-9-19/h5-9,16-17,24H,10-15,18H2,1-4H3. The van der Waals surface area contributed by atoms with Crippen LogP contribution >= 0.6 is 0 Å². The number of Topliss-reactive ketones (excluding diaryl/α,β-unsaturated/α-hetero) is 1. The molecule has 1 atom stereocenters. The largest absolute Gasteiger partial charge is 0.493 e. The van der Waals surface area contributed by atoms with Gasteiger partial charge in [-0.2, -0.15) is 0 Å². The predicted molar refractivity (Wildman–Crippen MR) is 124 cm³/mol. The van der Waals surface area contributed by atoms with Gasteiger partial charge in [0.15, 0.2) is 17.3 Å². The Balaban J connectivity index is 1.50. The Hall–Kier alpha value is -2.61. The van der Waals surface area contributed by atoms with E-state index in [0.717, 1.165) is 39.3 Å². The van der Waals surface area contributed by atoms with Gasteiger partial charge in [-0.1, -0.05) is 30.3 Å². The van der Waals surface area contributed by atoms with Gasteiger partial charge in [-0.05, 0) is 17.7 Å². The van der Waals surface area contributed by atoms with Crippen molar-refractivity contribution in [3.05, 3.63) is 53.6 Å². The van der Waals surface area contributed by atoms with Crippen molar-refractivity contribution in [1.82, 2.24) is 9.80 Å². The third kappa shape index (κ3) is 6.00. The van der Waals surface area contributed by atoms with Crippen molar-refractivity contribution in [2.75, 3.05) is 67.7 Å². The summed E-state index contributed by atoms with van der Waals surface area (Å²) >= 11 is 0. The van der Waals surface area contributed by atoms with Crippen LogP contribution in [-0.4, -0.2) is 83.3 Å². The van der Waals surface area contributed by atoms with Gasteiger partial charge in [-0.25, -0.2) is 0 Å². The lowest BCUT2D eigenvalue weighted by Crippen LogP contribution is -2.48. The zero-order valence-corrected chi connectivity index (χ0v) is 19.5. The number of carbonyl (C=O) groups excluding carboxylic acids is 1. The summed E-state index contributed by atoms with van der Waals surface area (Å²) in [7, 11) is 6.42. The molecule has 1 heterocycles. The van der Waals surface area contributed by atoms with Gasteiger partial charge in [-0.3, -0.25) is 9.69 Å². The molecule has 0 spiro atoms. The van der Waals surface area contributed by atoms with Crippen molar-refractivity contribution < 1.29 is 23.7 Å². The lowest BCUT2D eigenvalue weighted by Gasteiger charge is -2.36. The molecule has 0 saturated carbocycles. The van der Waals surface area contributed by atoms with Gasteiger partial charge in [0.1, 0.15) is 0 Å². The first-order valence-electron chi connectivity index (χ1n) is 10.9. The summed E-state index contributed by atoms with van der Waals surface area (Å²) in [6.07, 6.45) is 0.521. The topological polar surface area (TPSA) is 60.5 Å². The van der Waals surface area contributed by atoms with Gasteiger partial charge in [0.2, 0.25) is 5.75 Å². The molecule has 1 aliphatic heterocycles. The number of ether oxygens (including phenoxy) is 4. The third-order valence-corrected chi connectivity index (χ3v) is 5.99. The van der Waals surface area contributed by atoms with Gasteiger partial charge in [0, 0.05) is 58.4 Å². The van der Waals surface area contributed by atoms with Crippen LogP contribution in [0.3, 0.4) is 0 Å². The summed E-state index contributed by atoms with van der Waals surface area (Å²) in [5.74, 6) is 1.55. The minimum Gasteiger partial charge on any atom is -0.493 e. The maximum absolute atomic E-state index is 12.8. The van der Waals surface area contributed by atoms with Gasteiger partial charge >= 0.3 is 0 Å². The smallest absolute Gasteiger partial charge is 0.203 e. The first-order chi connectivity index (χ1) is 15.6. The molecule has 174 valence electrons. The second-order valence-electron chi connectivity index (χ2n) is 7.86. The number of hydrogen-bond acceptors (Lipinski definition) is 7. The number of benzene rings is 2. The molecule has 0 bridgehead atoms. The SMILES string of the molecule is COc1cc(C(=O)CCN2CCN(CC(OC)c3ccccc3)CC2)cc(OC)c1OC. The summed E-state index contributed by atoms with van der Waals surface area (Å²) in [6.45, 7) is 5.41. The van der Waals surface area contributed by atoms with E-state index in [1.165, 1.54) is 5.56 Å². The Morgan fingerprint density at radius 3 is 2.00 bits per heavy atom. The van der Waals surface area contributed by atoms with E-state index in [9.17, 15) is 4.79 Å². The fraction of sp³-hybridized carbons (Fsp3) is 0.480. The van der Waals surface area contributed by atoms with Crippen molar-refractivity contribution in [1.29, 1.82) is 0 Å². The molecule has 2 aromatic carbocycles. The van der Waals surface area contributed by atoms with Crippen molar-refractivity contribution in [2.45, 2.75) is 12.5 Å². The van der Waals surface area contributed by atoms with E-state index in [-0.39, 0.29) is 11.9 Å². The molecule has 7 heteroatoms. The van der Waals surface area contributed by atoms with Crippen molar-refractivity contribution in [3.63, 3.8) is 0 Å². The third-order valence-electron chi connectivity index (χ3n) is 5.99. The molecule has 7 nitrogen and oxygen atoms in total. The molecular formula is C25H34N2O5. The average molecular weight is 443 g/mol. The van der Waals surface area contributed by atoms with E-state index in [1.807, 2.05) is 18.2 Å². The van der Waals surface area contributed by atoms with E-state index in [4.69, 9.17) is 18.9 Å². The fourth-order valence-corrected chi connectivity index (χ4v) is 4.06. The van der Waals surface area contributed by atoms with Crippen LogP contribution in [0.15, 0.2) is 42.5 Å². The van der Waals surface area contributed by atoms with Gasteiger partial charge in [0.25, 0.3) is 0 Å². The molecule has 1 unspecified atom stereocenters. The number of ketones is 1. The van der Waals surface area contributed by atoms with Crippen LogP contribution in [0, 0.1) is 0 Å². The normalized spacial score (nSPS) is 15.9. The molecule has 0 amide bonds. The van der Waals surface area contributed by atoms with Crippen LogP contribution in [0.2, 0.25) is 0 Å². The second kappa shape index (κ2) is 11.9. The van der Waals surface area contributed by atoms with Gasteiger partial charge < -0.3 is 23.8 Å². The van der Waals surface area contributed by atoms with E-state index in [0.29, 0.717) is 29.2 Å². The predicted octanol–water partition coefficient (Wildman–Crippen LogP) is 3.29. The van der Waals surface area contributed by atoms with E-state index < -0.39 is 0 Å². The molecule has 3 rings (SSSR count). The second-order valence-corrected chi connectivity index (χ2v) is 7.86. The van der Waals surface area contributed by atoms with Crippen LogP contribution in [0.1, 0.15) is 28.4 Å². The fourth-order valence-electron chi connectivity index (χ4n) is 4.06. The summed E-state index contributed by atoms with van der Waals surface area (Å²) in [6, 6.07) is 13.8. The minimum atomic E-state index is 0.0650. The summed E-state index contributed by atoms with van der Waals surface area (Å²) < 4.78 is 21.8. The van der Waals surface area contributed by atoms with Crippen LogP contribution < -0.4 is 14.2 Å². The van der Waals surface area contributed by atoms with Crippen LogP contribution in [-0.2, 0) is 4.74 Å². The summed E-state index contributed by atoms with van der Waals surface area (Å²) in [5.41, 5.74) is 1.78. The Morgan fingerprint density at radius 1 is 0.875 bits per heavy atom. The lowest BCUT2D eigenvalue weighted by molar-refractivity contribution is 0.0416. The van der Waals surface area contributed by atoms with Crippen LogP contribution in [0.25, 0.3) is 0 Å². The number of rotatable bonds is 11. The number of nitrogens with zero attached hydrogens (tertiary/aromatic N) is 2. The maximum atomic E-state index is 12.8. The van der Waals surface area contributed by atoms with Crippen molar-refractivity contribution in [3.8, 4) is 17.2 Å². The lowest BCUT2D eigenvalue weighted by atomic mass is 10.1. The van der Waals surface area contributed by atoms with Crippen LogP contribution in [0.4, 0.5) is 0 Å². The molecule has 1 aliphatic rings.